The topological polar surface area (TPSA) is 92.0 Å². The Morgan fingerprint density at radius 2 is 2.10 bits per heavy atom. The summed E-state index contributed by atoms with van der Waals surface area (Å²) in [5, 5.41) is 11.9. The monoisotopic (exact) mass is 282 g/mol. The molecule has 1 aliphatic rings. The van der Waals surface area contributed by atoms with E-state index in [1.807, 2.05) is 0 Å². The van der Waals surface area contributed by atoms with Crippen LogP contribution in [0.25, 0.3) is 0 Å². The first-order valence-electron chi connectivity index (χ1n) is 6.54. The van der Waals surface area contributed by atoms with Gasteiger partial charge >= 0.3 is 5.97 Å². The van der Waals surface area contributed by atoms with Gasteiger partial charge in [0.25, 0.3) is 0 Å². The van der Waals surface area contributed by atoms with Gasteiger partial charge in [0.2, 0.25) is 5.91 Å². The maximum Gasteiger partial charge on any atom is 0.339 e. The molecule has 7 nitrogen and oxygen atoms in total. The fourth-order valence-corrected chi connectivity index (χ4v) is 2.04. The quantitative estimate of drug-likeness (QED) is 0.730. The van der Waals surface area contributed by atoms with Crippen LogP contribution >= 0.6 is 0 Å². The van der Waals surface area contributed by atoms with Crippen molar-refractivity contribution in [3.8, 4) is 0 Å². The number of aromatic carboxylic acids is 1. The number of ether oxygens (including phenoxy) is 1. The summed E-state index contributed by atoms with van der Waals surface area (Å²) in [5.41, 5.74) is 0.150. The average Bonchev–Trinajstić information content (AvgIpc) is 2.93. The highest BCUT2D eigenvalue weighted by molar-refractivity contribution is 5.88. The van der Waals surface area contributed by atoms with E-state index in [9.17, 15) is 9.59 Å². The number of furan rings is 1. The Hall–Kier alpha value is -1.86. The van der Waals surface area contributed by atoms with Crippen molar-refractivity contribution >= 4 is 11.9 Å². The molecule has 0 saturated carbocycles. The summed E-state index contributed by atoms with van der Waals surface area (Å²) in [6.45, 7) is 3.24. The molecule has 2 heterocycles. The molecule has 0 aliphatic carbocycles. The minimum Gasteiger partial charge on any atom is -0.478 e. The molecule has 1 aromatic heterocycles. The van der Waals surface area contributed by atoms with Crippen LogP contribution in [-0.2, 0) is 16.1 Å². The van der Waals surface area contributed by atoms with E-state index in [4.69, 9.17) is 14.3 Å². The van der Waals surface area contributed by atoms with E-state index in [0.29, 0.717) is 51.6 Å². The fraction of sp³-hybridized carbons (Fsp3) is 0.538. The lowest BCUT2D eigenvalue weighted by atomic mass is 10.2. The number of morpholine rings is 1. The van der Waals surface area contributed by atoms with Crippen molar-refractivity contribution in [2.24, 2.45) is 0 Å². The van der Waals surface area contributed by atoms with Gasteiger partial charge in [0.15, 0.2) is 0 Å². The predicted molar refractivity (Wildman–Crippen MR) is 69.4 cm³/mol. The molecule has 1 aromatic rings. The molecule has 7 heteroatoms. The zero-order valence-corrected chi connectivity index (χ0v) is 11.1. The fourth-order valence-electron chi connectivity index (χ4n) is 2.04. The number of hydrogen-bond acceptors (Lipinski definition) is 5. The molecule has 1 fully saturated rings. The Kier molecular flexibility index (Phi) is 5.14. The van der Waals surface area contributed by atoms with E-state index in [2.05, 4.69) is 5.32 Å². The van der Waals surface area contributed by atoms with Crippen LogP contribution in [0.1, 0.15) is 22.5 Å². The van der Waals surface area contributed by atoms with Crippen LogP contribution in [0.5, 0.6) is 0 Å². The van der Waals surface area contributed by atoms with E-state index < -0.39 is 5.97 Å². The second kappa shape index (κ2) is 7.06. The molecule has 2 N–H and O–H groups in total. The average molecular weight is 282 g/mol. The SMILES string of the molecule is O=C(O)c1ccoc1CNCCC(=O)N1CCOCC1. The molecule has 0 atom stereocenters. The summed E-state index contributed by atoms with van der Waals surface area (Å²) in [6.07, 6.45) is 1.72. The van der Waals surface area contributed by atoms with E-state index in [0.717, 1.165) is 0 Å². The first-order valence-corrected chi connectivity index (χ1v) is 6.54. The number of nitrogens with one attached hydrogen (secondary N) is 1. The van der Waals surface area contributed by atoms with Crippen molar-refractivity contribution in [1.82, 2.24) is 10.2 Å². The lowest BCUT2D eigenvalue weighted by Gasteiger charge is -2.26. The van der Waals surface area contributed by atoms with Gasteiger partial charge in [-0.15, -0.1) is 0 Å². The van der Waals surface area contributed by atoms with Crippen molar-refractivity contribution in [2.75, 3.05) is 32.8 Å². The van der Waals surface area contributed by atoms with Crippen molar-refractivity contribution in [2.45, 2.75) is 13.0 Å². The number of carbonyl (C=O) groups excluding carboxylic acids is 1. The highest BCUT2D eigenvalue weighted by Gasteiger charge is 2.16. The molecule has 1 amide bonds. The van der Waals surface area contributed by atoms with Crippen LogP contribution in [0.15, 0.2) is 16.7 Å². The second-order valence-electron chi connectivity index (χ2n) is 4.48. The Labute approximate surface area is 116 Å². The minimum absolute atomic E-state index is 0.0821. The van der Waals surface area contributed by atoms with Gasteiger partial charge in [-0.05, 0) is 6.07 Å². The van der Waals surface area contributed by atoms with Crippen molar-refractivity contribution in [3.05, 3.63) is 23.7 Å². The number of carbonyl (C=O) groups is 2. The number of nitrogens with zero attached hydrogens (tertiary/aromatic N) is 1. The molecular formula is C13H18N2O5. The molecule has 1 saturated heterocycles. The van der Waals surface area contributed by atoms with Gasteiger partial charge < -0.3 is 24.5 Å². The second-order valence-corrected chi connectivity index (χ2v) is 4.48. The Bertz CT molecular complexity index is 465. The molecule has 0 radical (unpaired) electrons. The van der Waals surface area contributed by atoms with E-state index in [1.54, 1.807) is 4.90 Å². The standard InChI is InChI=1S/C13H18N2O5/c16-12(15-4-7-19-8-5-15)1-3-14-9-11-10(13(17)18)2-6-20-11/h2,6,14H,1,3-5,7-9H2,(H,17,18). The van der Waals surface area contributed by atoms with Gasteiger partial charge in [0.1, 0.15) is 11.3 Å². The van der Waals surface area contributed by atoms with Crippen molar-refractivity contribution < 1.29 is 23.8 Å². The summed E-state index contributed by atoms with van der Waals surface area (Å²) in [4.78, 5) is 24.5. The highest BCUT2D eigenvalue weighted by atomic mass is 16.5. The molecule has 0 spiro atoms. The molecule has 110 valence electrons. The van der Waals surface area contributed by atoms with Gasteiger partial charge in [-0.1, -0.05) is 0 Å². The van der Waals surface area contributed by atoms with Crippen LogP contribution in [-0.4, -0.2) is 54.7 Å². The molecule has 2 rings (SSSR count). The molecule has 0 bridgehead atoms. The molecular weight excluding hydrogens is 264 g/mol. The third-order valence-corrected chi connectivity index (χ3v) is 3.14. The first kappa shape index (κ1) is 14.5. The lowest BCUT2D eigenvalue weighted by molar-refractivity contribution is -0.135. The summed E-state index contributed by atoms with van der Waals surface area (Å²) < 4.78 is 10.3. The van der Waals surface area contributed by atoms with Gasteiger partial charge in [0, 0.05) is 26.1 Å². The third kappa shape index (κ3) is 3.82. The summed E-state index contributed by atoms with van der Waals surface area (Å²) in [6, 6.07) is 1.41. The Morgan fingerprint density at radius 3 is 2.80 bits per heavy atom. The summed E-state index contributed by atoms with van der Waals surface area (Å²) in [7, 11) is 0. The maximum atomic E-state index is 11.8. The zero-order valence-electron chi connectivity index (χ0n) is 11.1. The zero-order chi connectivity index (χ0) is 14.4. The van der Waals surface area contributed by atoms with Crippen LogP contribution < -0.4 is 5.32 Å². The predicted octanol–water partition coefficient (Wildman–Crippen LogP) is 0.316. The number of carboxylic acid groups (broad SMARTS) is 1. The molecule has 20 heavy (non-hydrogen) atoms. The summed E-state index contributed by atoms with van der Waals surface area (Å²) >= 11 is 0. The normalized spacial score (nSPS) is 15.3. The van der Waals surface area contributed by atoms with E-state index in [-0.39, 0.29) is 11.5 Å². The van der Waals surface area contributed by atoms with Crippen LogP contribution in [0.2, 0.25) is 0 Å². The summed E-state index contributed by atoms with van der Waals surface area (Å²) in [5.74, 6) is -0.560. The largest absolute Gasteiger partial charge is 0.478 e. The number of amides is 1. The van der Waals surface area contributed by atoms with Gasteiger partial charge in [-0.25, -0.2) is 4.79 Å². The van der Waals surface area contributed by atoms with E-state index >= 15 is 0 Å². The molecule has 1 aliphatic heterocycles. The minimum atomic E-state index is -1.01. The van der Waals surface area contributed by atoms with Gasteiger partial charge in [0.05, 0.1) is 26.0 Å². The third-order valence-electron chi connectivity index (χ3n) is 3.14. The number of hydrogen-bond donors (Lipinski definition) is 2. The van der Waals surface area contributed by atoms with Crippen LogP contribution in [0, 0.1) is 0 Å². The van der Waals surface area contributed by atoms with E-state index in [1.165, 1.54) is 12.3 Å². The Balaban J connectivity index is 1.69. The smallest absolute Gasteiger partial charge is 0.339 e. The van der Waals surface area contributed by atoms with Crippen molar-refractivity contribution in [1.29, 1.82) is 0 Å². The van der Waals surface area contributed by atoms with Crippen molar-refractivity contribution in [3.63, 3.8) is 0 Å². The van der Waals surface area contributed by atoms with Gasteiger partial charge in [-0.2, -0.15) is 0 Å². The molecule has 0 unspecified atom stereocenters. The number of rotatable bonds is 6. The Morgan fingerprint density at radius 1 is 1.35 bits per heavy atom. The van der Waals surface area contributed by atoms with Crippen LogP contribution in [0.3, 0.4) is 0 Å². The molecule has 0 aromatic carbocycles. The maximum absolute atomic E-state index is 11.8. The van der Waals surface area contributed by atoms with Crippen LogP contribution in [0.4, 0.5) is 0 Å². The lowest BCUT2D eigenvalue weighted by Crippen LogP contribution is -2.41. The first-order chi connectivity index (χ1) is 9.68. The van der Waals surface area contributed by atoms with Gasteiger partial charge in [-0.3, -0.25) is 4.79 Å². The number of carboxylic acids is 1. The highest BCUT2D eigenvalue weighted by Crippen LogP contribution is 2.10.